The number of hydrogen-bond acceptors (Lipinski definition) is 3. The van der Waals surface area contributed by atoms with E-state index in [1.54, 1.807) is 0 Å². The van der Waals surface area contributed by atoms with Crippen molar-refractivity contribution in [2.45, 2.75) is 0 Å². The van der Waals surface area contributed by atoms with Crippen LogP contribution in [0.25, 0.3) is 71.9 Å². The number of rotatable bonds is 6. The zero-order valence-electron chi connectivity index (χ0n) is 27.6. The van der Waals surface area contributed by atoms with Gasteiger partial charge >= 0.3 is 0 Å². The van der Waals surface area contributed by atoms with Crippen LogP contribution >= 0.6 is 0 Å². The fourth-order valence-electron chi connectivity index (χ4n) is 7.57. The molecule has 0 aliphatic heterocycles. The zero-order valence-corrected chi connectivity index (χ0v) is 27.6. The van der Waals surface area contributed by atoms with E-state index in [2.05, 4.69) is 161 Å². The standard InChI is InChI=1S/C47H31N3O/c1-4-17-32(18-5-1)36-24-12-14-28-40(36)50(42-30-16-27-39-46(42)51-47(48-39)33-19-6-2-7-20-33)43-31-34-21-10-11-25-37(34)45-44(43)38-26-13-15-29-41(38)49(45)35-22-8-3-9-23-35/h1-31H. The van der Waals surface area contributed by atoms with Crippen LogP contribution in [0.1, 0.15) is 0 Å². The molecule has 0 amide bonds. The summed E-state index contributed by atoms with van der Waals surface area (Å²) in [6, 6.07) is 66.2. The average molecular weight is 654 g/mol. The highest BCUT2D eigenvalue weighted by Crippen LogP contribution is 2.50. The highest BCUT2D eigenvalue weighted by atomic mass is 16.3. The number of para-hydroxylation sites is 4. The van der Waals surface area contributed by atoms with Gasteiger partial charge in [0, 0.05) is 33.0 Å². The van der Waals surface area contributed by atoms with Gasteiger partial charge in [-0.25, -0.2) is 4.98 Å². The molecule has 4 heteroatoms. The van der Waals surface area contributed by atoms with Crippen LogP contribution in [0, 0.1) is 0 Å². The van der Waals surface area contributed by atoms with Gasteiger partial charge in [0.1, 0.15) is 5.52 Å². The van der Waals surface area contributed by atoms with Gasteiger partial charge in [-0.3, -0.25) is 0 Å². The predicted octanol–water partition coefficient (Wildman–Crippen LogP) is 12.9. The van der Waals surface area contributed by atoms with Crippen LogP contribution in [0.4, 0.5) is 17.1 Å². The molecule has 10 aromatic rings. The molecular formula is C47H31N3O. The van der Waals surface area contributed by atoms with E-state index in [0.717, 1.165) is 72.3 Å². The SMILES string of the molecule is c1ccc(-c2nc3cccc(N(c4ccccc4-c4ccccc4)c4cc5ccccc5c5c4c4ccccc4n5-c4ccccc4)c3o2)cc1. The Morgan fingerprint density at radius 3 is 1.92 bits per heavy atom. The molecule has 0 saturated heterocycles. The van der Waals surface area contributed by atoms with E-state index in [1.807, 2.05) is 36.4 Å². The number of oxazole rings is 1. The molecule has 0 aliphatic rings. The second-order valence-electron chi connectivity index (χ2n) is 12.8. The van der Waals surface area contributed by atoms with Crippen molar-refractivity contribution >= 4 is 60.7 Å². The first-order valence-corrected chi connectivity index (χ1v) is 17.2. The molecule has 0 N–H and O–H groups in total. The van der Waals surface area contributed by atoms with Gasteiger partial charge < -0.3 is 13.9 Å². The molecular weight excluding hydrogens is 623 g/mol. The van der Waals surface area contributed by atoms with Crippen LogP contribution in [-0.4, -0.2) is 9.55 Å². The third-order valence-electron chi connectivity index (χ3n) is 9.78. The zero-order chi connectivity index (χ0) is 33.7. The molecule has 10 rings (SSSR count). The van der Waals surface area contributed by atoms with Crippen molar-refractivity contribution < 1.29 is 4.42 Å². The molecule has 0 unspecified atom stereocenters. The van der Waals surface area contributed by atoms with Crippen LogP contribution in [-0.2, 0) is 0 Å². The van der Waals surface area contributed by atoms with E-state index in [-0.39, 0.29) is 0 Å². The van der Waals surface area contributed by atoms with Crippen molar-refractivity contribution in [1.82, 2.24) is 9.55 Å². The van der Waals surface area contributed by atoms with E-state index in [1.165, 1.54) is 10.8 Å². The first-order chi connectivity index (χ1) is 25.3. The Kier molecular flexibility index (Phi) is 6.78. The molecule has 4 nitrogen and oxygen atoms in total. The number of anilines is 3. The number of nitrogens with zero attached hydrogens (tertiary/aromatic N) is 3. The monoisotopic (exact) mass is 653 g/mol. The second kappa shape index (κ2) is 11.9. The van der Waals surface area contributed by atoms with Crippen LogP contribution in [0.3, 0.4) is 0 Å². The van der Waals surface area contributed by atoms with Gasteiger partial charge in [0.15, 0.2) is 5.58 Å². The summed E-state index contributed by atoms with van der Waals surface area (Å²) < 4.78 is 9.18. The number of hydrogen-bond donors (Lipinski definition) is 0. The summed E-state index contributed by atoms with van der Waals surface area (Å²) in [4.78, 5) is 7.39. The average Bonchev–Trinajstić information content (AvgIpc) is 3.80. The normalized spacial score (nSPS) is 11.5. The van der Waals surface area contributed by atoms with Crippen LogP contribution < -0.4 is 4.90 Å². The highest BCUT2D eigenvalue weighted by molar-refractivity contribution is 6.25. The molecule has 2 aromatic heterocycles. The Hall–Kier alpha value is -6.91. The number of aromatic nitrogens is 2. The summed E-state index contributed by atoms with van der Waals surface area (Å²) >= 11 is 0. The van der Waals surface area contributed by atoms with Crippen molar-refractivity contribution in [1.29, 1.82) is 0 Å². The van der Waals surface area contributed by atoms with Crippen molar-refractivity contribution in [3.63, 3.8) is 0 Å². The fraction of sp³-hybridized carbons (Fsp3) is 0. The van der Waals surface area contributed by atoms with Crippen molar-refractivity contribution in [2.24, 2.45) is 0 Å². The van der Waals surface area contributed by atoms with Gasteiger partial charge in [0.05, 0.1) is 28.1 Å². The van der Waals surface area contributed by atoms with E-state index in [4.69, 9.17) is 9.40 Å². The second-order valence-corrected chi connectivity index (χ2v) is 12.8. The summed E-state index contributed by atoms with van der Waals surface area (Å²) in [7, 11) is 0. The Balaban J connectivity index is 1.37. The van der Waals surface area contributed by atoms with Crippen molar-refractivity contribution in [2.75, 3.05) is 4.90 Å². The van der Waals surface area contributed by atoms with Crippen LogP contribution in [0.2, 0.25) is 0 Å². The summed E-state index contributed by atoms with van der Waals surface area (Å²) in [6.45, 7) is 0. The lowest BCUT2D eigenvalue weighted by Gasteiger charge is -2.29. The van der Waals surface area contributed by atoms with Gasteiger partial charge in [-0.15, -0.1) is 0 Å². The smallest absolute Gasteiger partial charge is 0.227 e. The maximum absolute atomic E-state index is 6.76. The third-order valence-corrected chi connectivity index (χ3v) is 9.78. The molecule has 0 atom stereocenters. The number of fused-ring (bicyclic) bond motifs is 6. The fourth-order valence-corrected chi connectivity index (χ4v) is 7.57. The van der Waals surface area contributed by atoms with Crippen LogP contribution in [0.5, 0.6) is 0 Å². The molecule has 0 saturated carbocycles. The van der Waals surface area contributed by atoms with Crippen LogP contribution in [0.15, 0.2) is 192 Å². The Morgan fingerprint density at radius 1 is 0.490 bits per heavy atom. The van der Waals surface area contributed by atoms with Gasteiger partial charge in [-0.2, -0.15) is 0 Å². The van der Waals surface area contributed by atoms with E-state index < -0.39 is 0 Å². The Morgan fingerprint density at radius 2 is 1.12 bits per heavy atom. The van der Waals surface area contributed by atoms with Gasteiger partial charge in [0.2, 0.25) is 5.89 Å². The molecule has 240 valence electrons. The summed E-state index contributed by atoms with van der Waals surface area (Å²) in [5.41, 5.74) is 11.2. The first kappa shape index (κ1) is 29.0. The van der Waals surface area contributed by atoms with Crippen molar-refractivity contribution in [3.05, 3.63) is 188 Å². The molecule has 0 fully saturated rings. The van der Waals surface area contributed by atoms with Gasteiger partial charge in [-0.05, 0) is 65.5 Å². The molecule has 0 radical (unpaired) electrons. The first-order valence-electron chi connectivity index (χ1n) is 17.2. The van der Waals surface area contributed by atoms with E-state index >= 15 is 0 Å². The topological polar surface area (TPSA) is 34.2 Å². The summed E-state index contributed by atoms with van der Waals surface area (Å²) in [6.07, 6.45) is 0. The van der Waals surface area contributed by atoms with E-state index in [0.29, 0.717) is 5.89 Å². The minimum atomic E-state index is 0.596. The molecule has 0 spiro atoms. The van der Waals surface area contributed by atoms with Crippen molar-refractivity contribution in [3.8, 4) is 28.3 Å². The highest BCUT2D eigenvalue weighted by Gasteiger charge is 2.27. The lowest BCUT2D eigenvalue weighted by atomic mass is 9.99. The molecule has 0 bridgehead atoms. The minimum Gasteiger partial charge on any atom is -0.434 e. The Bertz CT molecular complexity index is 2850. The van der Waals surface area contributed by atoms with Gasteiger partial charge in [-0.1, -0.05) is 133 Å². The minimum absolute atomic E-state index is 0.596. The summed E-state index contributed by atoms with van der Waals surface area (Å²) in [5, 5.41) is 4.68. The lowest BCUT2D eigenvalue weighted by Crippen LogP contribution is -2.12. The third kappa shape index (κ3) is 4.72. The number of benzene rings is 8. The molecule has 8 aromatic carbocycles. The maximum atomic E-state index is 6.76. The lowest BCUT2D eigenvalue weighted by molar-refractivity contribution is 0.620. The predicted molar refractivity (Wildman–Crippen MR) is 211 cm³/mol. The van der Waals surface area contributed by atoms with E-state index in [9.17, 15) is 0 Å². The quantitative estimate of drug-likeness (QED) is 0.179. The Labute approximate surface area is 295 Å². The molecule has 0 aliphatic carbocycles. The van der Waals surface area contributed by atoms with Gasteiger partial charge in [0.25, 0.3) is 0 Å². The largest absolute Gasteiger partial charge is 0.434 e. The molecule has 51 heavy (non-hydrogen) atoms. The summed E-state index contributed by atoms with van der Waals surface area (Å²) in [5.74, 6) is 0.596. The maximum Gasteiger partial charge on any atom is 0.227 e. The molecule has 2 heterocycles.